The number of hydrogen-bond acceptors (Lipinski definition) is 3. The van der Waals surface area contributed by atoms with E-state index in [1.54, 1.807) is 3.97 Å². The zero-order valence-electron chi connectivity index (χ0n) is 8.37. The first-order chi connectivity index (χ1) is 7.22. The maximum Gasteiger partial charge on any atom is 0.153 e. The maximum atomic E-state index is 5.93. The van der Waals surface area contributed by atoms with Gasteiger partial charge in [0.05, 0.1) is 0 Å². The van der Waals surface area contributed by atoms with Gasteiger partial charge in [-0.3, -0.25) is 3.97 Å². The van der Waals surface area contributed by atoms with Crippen LogP contribution in [0.1, 0.15) is 13.3 Å². The standard InChI is InChI=1S/C10H12ClN3S/c1-2-4-12-8-6-9(11)13-10-7(8)3-5-14(10)15/h3,5-6,15H,2,4H2,1H3,(H,12,13). The number of hydrogen-bond donors (Lipinski definition) is 2. The van der Waals surface area contributed by atoms with E-state index < -0.39 is 0 Å². The minimum Gasteiger partial charge on any atom is -0.384 e. The van der Waals surface area contributed by atoms with E-state index >= 15 is 0 Å². The van der Waals surface area contributed by atoms with Gasteiger partial charge in [0.15, 0.2) is 5.65 Å². The second kappa shape index (κ2) is 4.33. The van der Waals surface area contributed by atoms with Crippen LogP contribution < -0.4 is 5.32 Å². The largest absolute Gasteiger partial charge is 0.384 e. The van der Waals surface area contributed by atoms with Crippen LogP contribution in [0.4, 0.5) is 5.69 Å². The summed E-state index contributed by atoms with van der Waals surface area (Å²) in [6.45, 7) is 3.05. The van der Waals surface area contributed by atoms with Crippen LogP contribution in [-0.4, -0.2) is 15.5 Å². The van der Waals surface area contributed by atoms with Crippen molar-refractivity contribution >= 4 is 41.1 Å². The molecule has 0 atom stereocenters. The lowest BCUT2D eigenvalue weighted by molar-refractivity contribution is 0.981. The molecule has 0 fully saturated rings. The van der Waals surface area contributed by atoms with Crippen molar-refractivity contribution in [2.24, 2.45) is 0 Å². The van der Waals surface area contributed by atoms with Crippen LogP contribution >= 0.6 is 24.4 Å². The first-order valence-electron chi connectivity index (χ1n) is 4.83. The third-order valence-electron chi connectivity index (χ3n) is 2.17. The summed E-state index contributed by atoms with van der Waals surface area (Å²) >= 11 is 10.2. The molecule has 0 amide bonds. The Morgan fingerprint density at radius 1 is 1.60 bits per heavy atom. The molecule has 0 saturated carbocycles. The summed E-state index contributed by atoms with van der Waals surface area (Å²) in [5.41, 5.74) is 1.80. The molecule has 0 bridgehead atoms. The molecule has 0 aliphatic rings. The number of rotatable bonds is 3. The molecule has 0 unspecified atom stereocenters. The lowest BCUT2D eigenvalue weighted by Crippen LogP contribution is -2.00. The topological polar surface area (TPSA) is 29.9 Å². The molecule has 2 aromatic rings. The molecule has 0 radical (unpaired) electrons. The van der Waals surface area contributed by atoms with Gasteiger partial charge in [0, 0.05) is 23.8 Å². The third kappa shape index (κ3) is 2.06. The van der Waals surface area contributed by atoms with Gasteiger partial charge in [-0.1, -0.05) is 31.3 Å². The fraction of sp³-hybridized carbons (Fsp3) is 0.300. The molecule has 15 heavy (non-hydrogen) atoms. The van der Waals surface area contributed by atoms with E-state index in [1.165, 1.54) is 0 Å². The second-order valence-electron chi connectivity index (χ2n) is 3.32. The van der Waals surface area contributed by atoms with Crippen molar-refractivity contribution in [2.45, 2.75) is 13.3 Å². The van der Waals surface area contributed by atoms with Crippen molar-refractivity contribution in [3.63, 3.8) is 0 Å². The highest BCUT2D eigenvalue weighted by Gasteiger charge is 2.07. The monoisotopic (exact) mass is 241 g/mol. The average molecular weight is 242 g/mol. The normalized spacial score (nSPS) is 10.9. The third-order valence-corrected chi connectivity index (χ3v) is 2.69. The van der Waals surface area contributed by atoms with Crippen LogP contribution in [0, 0.1) is 0 Å². The molecule has 2 heterocycles. The zero-order valence-corrected chi connectivity index (χ0v) is 10.0. The van der Waals surface area contributed by atoms with Crippen LogP contribution in [0.2, 0.25) is 5.15 Å². The first kappa shape index (κ1) is 10.6. The Hall–Kier alpha value is -0.870. The Kier molecular flexibility index (Phi) is 3.07. The van der Waals surface area contributed by atoms with Crippen LogP contribution in [0.15, 0.2) is 18.3 Å². The summed E-state index contributed by atoms with van der Waals surface area (Å²) in [4.78, 5) is 4.22. The van der Waals surface area contributed by atoms with E-state index in [0.717, 1.165) is 29.7 Å². The molecule has 2 rings (SSSR count). The van der Waals surface area contributed by atoms with Gasteiger partial charge >= 0.3 is 0 Å². The quantitative estimate of drug-likeness (QED) is 0.639. The van der Waals surface area contributed by atoms with E-state index in [-0.39, 0.29) is 0 Å². The summed E-state index contributed by atoms with van der Waals surface area (Å²) in [5, 5.41) is 4.85. The highest BCUT2D eigenvalue weighted by Crippen LogP contribution is 2.26. The first-order valence-corrected chi connectivity index (χ1v) is 5.61. The van der Waals surface area contributed by atoms with Crippen molar-refractivity contribution in [1.29, 1.82) is 0 Å². The molecule has 0 spiro atoms. The minimum absolute atomic E-state index is 0.482. The van der Waals surface area contributed by atoms with Gasteiger partial charge in [-0.15, -0.1) is 0 Å². The molecule has 0 aliphatic heterocycles. The van der Waals surface area contributed by atoms with Gasteiger partial charge in [0.25, 0.3) is 0 Å². The molecular formula is C10H12ClN3S. The number of fused-ring (bicyclic) bond motifs is 1. The van der Waals surface area contributed by atoms with Gasteiger partial charge < -0.3 is 5.32 Å². The van der Waals surface area contributed by atoms with Gasteiger partial charge in [0.1, 0.15) is 5.15 Å². The van der Waals surface area contributed by atoms with Crippen molar-refractivity contribution in [3.8, 4) is 0 Å². The number of pyridine rings is 1. The van der Waals surface area contributed by atoms with Crippen molar-refractivity contribution < 1.29 is 0 Å². The van der Waals surface area contributed by atoms with E-state index in [9.17, 15) is 0 Å². The molecular weight excluding hydrogens is 230 g/mol. The molecule has 5 heteroatoms. The maximum absolute atomic E-state index is 5.93. The summed E-state index contributed by atoms with van der Waals surface area (Å²) < 4.78 is 1.67. The van der Waals surface area contributed by atoms with Crippen LogP contribution in [-0.2, 0) is 0 Å². The molecule has 2 aromatic heterocycles. The Balaban J connectivity index is 2.52. The summed E-state index contributed by atoms with van der Waals surface area (Å²) in [7, 11) is 0. The highest BCUT2D eigenvalue weighted by atomic mass is 35.5. The summed E-state index contributed by atoms with van der Waals surface area (Å²) in [5.74, 6) is 0. The van der Waals surface area contributed by atoms with Crippen molar-refractivity contribution in [3.05, 3.63) is 23.5 Å². The molecule has 0 aromatic carbocycles. The van der Waals surface area contributed by atoms with Crippen molar-refractivity contribution in [2.75, 3.05) is 11.9 Å². The van der Waals surface area contributed by atoms with E-state index in [0.29, 0.717) is 5.15 Å². The lowest BCUT2D eigenvalue weighted by Gasteiger charge is -2.06. The molecule has 0 aliphatic carbocycles. The number of nitrogens with one attached hydrogen (secondary N) is 1. The van der Waals surface area contributed by atoms with Crippen LogP contribution in [0.25, 0.3) is 11.0 Å². The average Bonchev–Trinajstić information content (AvgIpc) is 2.57. The molecule has 80 valence electrons. The predicted octanol–water partition coefficient (Wildman–Crippen LogP) is 3.20. The van der Waals surface area contributed by atoms with Gasteiger partial charge in [-0.25, -0.2) is 4.98 Å². The number of aromatic nitrogens is 2. The fourth-order valence-corrected chi connectivity index (χ4v) is 1.88. The van der Waals surface area contributed by atoms with Crippen molar-refractivity contribution in [1.82, 2.24) is 8.96 Å². The Labute approximate surface area is 99.0 Å². The second-order valence-corrected chi connectivity index (χ2v) is 4.14. The van der Waals surface area contributed by atoms with Gasteiger partial charge in [0.2, 0.25) is 0 Å². The van der Waals surface area contributed by atoms with Crippen LogP contribution in [0.3, 0.4) is 0 Å². The van der Waals surface area contributed by atoms with Crippen LogP contribution in [0.5, 0.6) is 0 Å². The summed E-state index contributed by atoms with van der Waals surface area (Å²) in [6.07, 6.45) is 2.93. The number of thiol groups is 1. The molecule has 0 saturated heterocycles. The lowest BCUT2D eigenvalue weighted by atomic mass is 10.3. The summed E-state index contributed by atoms with van der Waals surface area (Å²) in [6, 6.07) is 3.82. The minimum atomic E-state index is 0.482. The Bertz CT molecular complexity index is 481. The number of nitrogens with zero attached hydrogens (tertiary/aromatic N) is 2. The molecule has 1 N–H and O–H groups in total. The predicted molar refractivity (Wildman–Crippen MR) is 67.9 cm³/mol. The van der Waals surface area contributed by atoms with E-state index in [1.807, 2.05) is 18.3 Å². The SMILES string of the molecule is CCCNc1cc(Cl)nc2c1ccn2S. The number of halogens is 1. The number of anilines is 1. The van der Waals surface area contributed by atoms with Gasteiger partial charge in [-0.05, 0) is 18.6 Å². The van der Waals surface area contributed by atoms with Gasteiger partial charge in [-0.2, -0.15) is 0 Å². The fourth-order valence-electron chi connectivity index (χ4n) is 1.47. The highest BCUT2D eigenvalue weighted by molar-refractivity contribution is 7.78. The molecule has 3 nitrogen and oxygen atoms in total. The van der Waals surface area contributed by atoms with E-state index in [4.69, 9.17) is 11.6 Å². The zero-order chi connectivity index (χ0) is 10.8. The smallest absolute Gasteiger partial charge is 0.153 e. The Morgan fingerprint density at radius 3 is 3.13 bits per heavy atom. The Morgan fingerprint density at radius 2 is 2.40 bits per heavy atom. The van der Waals surface area contributed by atoms with E-state index in [2.05, 4.69) is 30.0 Å².